The first-order valence-electron chi connectivity index (χ1n) is 16.0. The van der Waals surface area contributed by atoms with E-state index in [1.165, 1.54) is 97.0 Å². The second-order valence-corrected chi connectivity index (χ2v) is 12.8. The average Bonchev–Trinajstić information content (AvgIpc) is 3.49. The zero-order valence-electron chi connectivity index (χ0n) is 26.2. The van der Waals surface area contributed by atoms with Crippen molar-refractivity contribution in [1.82, 2.24) is 10.6 Å². The van der Waals surface area contributed by atoms with Crippen LogP contribution in [0.15, 0.2) is 4.99 Å². The number of carbonyl (C=O) groups is 3. The van der Waals surface area contributed by atoms with Gasteiger partial charge in [0, 0.05) is 19.2 Å². The Bertz CT molecular complexity index is 769. The van der Waals surface area contributed by atoms with Gasteiger partial charge in [-0.1, -0.05) is 103 Å². The smallest absolute Gasteiger partial charge is 0.407 e. The number of nitrogens with one attached hydrogen (secondary N) is 2. The van der Waals surface area contributed by atoms with Crippen molar-refractivity contribution >= 4 is 52.6 Å². The Morgan fingerprint density at radius 2 is 1.33 bits per heavy atom. The van der Waals surface area contributed by atoms with Crippen molar-refractivity contribution in [1.29, 1.82) is 0 Å². The van der Waals surface area contributed by atoms with Gasteiger partial charge in [-0.3, -0.25) is 9.79 Å². The first-order chi connectivity index (χ1) is 20.0. The third-order valence-corrected chi connectivity index (χ3v) is 8.86. The molecule has 246 valence electrons. The highest BCUT2D eigenvalue weighted by atomic mass is 35.5. The van der Waals surface area contributed by atoms with E-state index in [4.69, 9.17) is 9.47 Å². The molecule has 11 heteroatoms. The van der Waals surface area contributed by atoms with Crippen LogP contribution in [0.1, 0.15) is 122 Å². The van der Waals surface area contributed by atoms with Gasteiger partial charge in [-0.05, 0) is 24.0 Å². The number of hydrogen-bond donors (Lipinski definition) is 2. The van der Waals surface area contributed by atoms with Gasteiger partial charge in [0.15, 0.2) is 0 Å². The summed E-state index contributed by atoms with van der Waals surface area (Å²) in [6, 6.07) is -0.689. The molecule has 1 aliphatic rings. The molecule has 0 aromatic heterocycles. The number of rotatable bonds is 26. The lowest BCUT2D eigenvalue weighted by molar-refractivity contribution is -0.144. The van der Waals surface area contributed by atoms with E-state index in [0.29, 0.717) is 13.0 Å². The summed E-state index contributed by atoms with van der Waals surface area (Å²) in [6.45, 7) is 2.60. The summed E-state index contributed by atoms with van der Waals surface area (Å²) in [5.74, 6) is 1.36. The normalized spacial score (nSPS) is 14.4. The lowest BCUT2D eigenvalue weighted by Crippen LogP contribution is -2.43. The number of esters is 1. The van der Waals surface area contributed by atoms with E-state index in [9.17, 15) is 14.4 Å². The van der Waals surface area contributed by atoms with Gasteiger partial charge < -0.3 is 24.8 Å². The van der Waals surface area contributed by atoms with E-state index >= 15 is 0 Å². The lowest BCUT2D eigenvalue weighted by atomic mass is 10.0. The summed E-state index contributed by atoms with van der Waals surface area (Å²) < 4.78 is 15.1. The molecule has 0 saturated heterocycles. The largest absolute Gasteiger partial charge is 0.463 e. The minimum atomic E-state index is -0.689. The molecule has 2 amide bonds. The summed E-state index contributed by atoms with van der Waals surface area (Å²) >= 11 is 0. The Kier molecular flexibility index (Phi) is 28.0. The zero-order chi connectivity index (χ0) is 29.8. The number of hydrogen-bond acceptors (Lipinski definition) is 7. The molecule has 9 nitrogen and oxygen atoms in total. The van der Waals surface area contributed by atoms with Crippen molar-refractivity contribution < 1.29 is 28.6 Å². The van der Waals surface area contributed by atoms with Gasteiger partial charge >= 0.3 is 18.2 Å². The molecular formula is C31H58ClN3O6S. The molecule has 0 fully saturated rings. The zero-order valence-corrected chi connectivity index (χ0v) is 27.8. The Hall–Kier alpha value is -1.81. The maximum Gasteiger partial charge on any atom is 0.407 e. The highest BCUT2D eigenvalue weighted by Crippen LogP contribution is 2.17. The molecule has 1 rings (SSSR count). The van der Waals surface area contributed by atoms with Crippen molar-refractivity contribution in [3.05, 3.63) is 0 Å². The summed E-state index contributed by atoms with van der Waals surface area (Å²) in [4.78, 5) is 39.9. The molecule has 0 aliphatic carbocycles. The first kappa shape index (κ1) is 40.2. The second kappa shape index (κ2) is 29.3. The molecule has 2 N–H and O–H groups in total. The van der Waals surface area contributed by atoms with E-state index in [1.807, 2.05) is 6.21 Å². The van der Waals surface area contributed by atoms with Gasteiger partial charge in [0.05, 0.1) is 13.0 Å². The van der Waals surface area contributed by atoms with Crippen molar-refractivity contribution in [2.24, 2.45) is 4.99 Å². The Balaban J connectivity index is 0.0000168. The first-order valence-corrected chi connectivity index (χ1v) is 17.6. The van der Waals surface area contributed by atoms with Crippen LogP contribution >= 0.6 is 22.9 Å². The molecular weight excluding hydrogens is 578 g/mol. The number of methoxy groups -OCH3 is 1. The predicted molar refractivity (Wildman–Crippen MR) is 178 cm³/mol. The van der Waals surface area contributed by atoms with Crippen LogP contribution in [-0.2, 0) is 19.0 Å². The summed E-state index contributed by atoms with van der Waals surface area (Å²) in [7, 11) is 1.37. The number of amides is 2. The molecule has 0 spiro atoms. The molecule has 0 bridgehead atoms. The SMILES string of the molecule is CCCCCCCCCCCCCCCCCCNC(=O)OC[C@H](COC(=O)CCCS1=CC=NC1)NC(=O)OC.Cl. The Morgan fingerprint density at radius 1 is 0.786 bits per heavy atom. The van der Waals surface area contributed by atoms with E-state index in [1.54, 1.807) is 0 Å². The number of carbonyl (C=O) groups excluding carboxylic acids is 3. The van der Waals surface area contributed by atoms with Crippen molar-refractivity contribution in [2.75, 3.05) is 38.5 Å². The van der Waals surface area contributed by atoms with Crippen LogP contribution in [0.4, 0.5) is 9.59 Å². The molecule has 0 aromatic rings. The predicted octanol–water partition coefficient (Wildman–Crippen LogP) is 7.56. The number of aliphatic imine (C=N–C) groups is 1. The van der Waals surface area contributed by atoms with Crippen molar-refractivity contribution in [2.45, 2.75) is 129 Å². The van der Waals surface area contributed by atoms with Crippen LogP contribution in [0.2, 0.25) is 0 Å². The molecule has 1 heterocycles. The Labute approximate surface area is 263 Å². The summed E-state index contributed by atoms with van der Waals surface area (Å²) in [5.41, 5.74) is 0. The summed E-state index contributed by atoms with van der Waals surface area (Å²) in [6.07, 6.45) is 22.5. The van der Waals surface area contributed by atoms with Gasteiger partial charge in [-0.15, -0.1) is 12.4 Å². The third kappa shape index (κ3) is 24.8. The van der Waals surface area contributed by atoms with Crippen LogP contribution in [0.3, 0.4) is 0 Å². The molecule has 0 radical (unpaired) electrons. The summed E-state index contributed by atoms with van der Waals surface area (Å²) in [5, 5.41) is 7.36. The number of nitrogens with zero attached hydrogens (tertiary/aromatic N) is 1. The van der Waals surface area contributed by atoms with E-state index < -0.39 is 18.2 Å². The highest BCUT2D eigenvalue weighted by molar-refractivity contribution is 8.16. The van der Waals surface area contributed by atoms with E-state index in [0.717, 1.165) is 30.9 Å². The van der Waals surface area contributed by atoms with Crippen molar-refractivity contribution in [3.63, 3.8) is 0 Å². The van der Waals surface area contributed by atoms with Gasteiger partial charge in [0.1, 0.15) is 19.3 Å². The minimum Gasteiger partial charge on any atom is -0.463 e. The maximum atomic E-state index is 12.1. The van der Waals surface area contributed by atoms with Gasteiger partial charge in [-0.25, -0.2) is 9.59 Å². The van der Waals surface area contributed by atoms with Crippen LogP contribution in [0.25, 0.3) is 0 Å². The lowest BCUT2D eigenvalue weighted by Gasteiger charge is -2.18. The molecule has 1 aliphatic heterocycles. The molecule has 2 atom stereocenters. The fourth-order valence-corrected chi connectivity index (χ4v) is 5.96. The fourth-order valence-electron chi connectivity index (χ4n) is 4.56. The Morgan fingerprint density at radius 3 is 1.86 bits per heavy atom. The van der Waals surface area contributed by atoms with Crippen LogP contribution in [-0.4, -0.2) is 74.3 Å². The second-order valence-electron chi connectivity index (χ2n) is 10.8. The molecule has 1 unspecified atom stereocenters. The van der Waals surface area contributed by atoms with Gasteiger partial charge in [0.25, 0.3) is 0 Å². The standard InChI is InChI=1S/C31H57N3O6S.ClH/c1-3-4-5-6-7-8-9-10-11-12-13-14-15-16-17-18-21-33-30(36)40-26-28(34-31(37)38-2)25-39-29(35)20-19-23-41-24-22-32-27-41;/h22,24,28H,3-21,23,25-27H2,1-2H3,(H,33,36)(H,34,37);1H/t28-,41?;/m0./s1. The molecule has 0 saturated carbocycles. The number of alkyl carbamates (subject to hydrolysis) is 2. The van der Waals surface area contributed by atoms with Crippen molar-refractivity contribution in [3.8, 4) is 0 Å². The molecule has 0 aromatic carbocycles. The monoisotopic (exact) mass is 635 g/mol. The minimum absolute atomic E-state index is 0. The van der Waals surface area contributed by atoms with E-state index in [2.05, 4.69) is 32.7 Å². The number of halogens is 1. The quantitative estimate of drug-likeness (QED) is 0.0439. The maximum absolute atomic E-state index is 12.1. The van der Waals surface area contributed by atoms with Gasteiger partial charge in [0.2, 0.25) is 0 Å². The van der Waals surface area contributed by atoms with Gasteiger partial charge in [-0.2, -0.15) is 10.5 Å². The number of ether oxygens (including phenoxy) is 3. The number of unbranched alkanes of at least 4 members (excludes halogenated alkanes) is 15. The van der Waals surface area contributed by atoms with Crippen LogP contribution in [0, 0.1) is 0 Å². The van der Waals surface area contributed by atoms with Crippen LogP contribution < -0.4 is 10.6 Å². The average molecular weight is 636 g/mol. The van der Waals surface area contributed by atoms with E-state index in [-0.39, 0.29) is 42.1 Å². The topological polar surface area (TPSA) is 115 Å². The third-order valence-electron chi connectivity index (χ3n) is 7.05. The molecule has 42 heavy (non-hydrogen) atoms. The van der Waals surface area contributed by atoms with Crippen LogP contribution in [0.5, 0.6) is 0 Å². The fraction of sp³-hybridized carbons (Fsp3) is 0.839. The highest BCUT2D eigenvalue weighted by Gasteiger charge is 2.18.